The summed E-state index contributed by atoms with van der Waals surface area (Å²) in [6.45, 7) is 11.5. The van der Waals surface area contributed by atoms with Crippen molar-refractivity contribution in [2.45, 2.75) is 77.4 Å². The molecule has 0 saturated carbocycles. The van der Waals surface area contributed by atoms with Gasteiger partial charge in [0, 0.05) is 23.7 Å². The molecule has 0 aromatic carbocycles. The van der Waals surface area contributed by atoms with E-state index < -0.39 is 11.8 Å². The number of nitrogens with zero attached hydrogens (tertiary/aromatic N) is 1. The van der Waals surface area contributed by atoms with E-state index in [0.717, 1.165) is 32.2 Å². The number of nitrogens with one attached hydrogen (secondary N) is 2. The van der Waals surface area contributed by atoms with Crippen LogP contribution >= 0.6 is 0 Å². The number of carbonyl (C=O) groups excluding carboxylic acids is 2. The highest BCUT2D eigenvalue weighted by atomic mass is 16.2. The number of hydrogen-bond donors (Lipinski definition) is 3. The van der Waals surface area contributed by atoms with Gasteiger partial charge >= 0.3 is 11.8 Å². The number of amides is 2. The van der Waals surface area contributed by atoms with Gasteiger partial charge in [-0.25, -0.2) is 5.01 Å². The Morgan fingerprint density at radius 1 is 1.24 bits per heavy atom. The number of hydrazine groups is 1. The van der Waals surface area contributed by atoms with Gasteiger partial charge in [0.25, 0.3) is 0 Å². The Hall–Kier alpha value is -1.14. The van der Waals surface area contributed by atoms with E-state index in [2.05, 4.69) is 45.4 Å². The number of primary amides is 1. The second kappa shape index (κ2) is 6.75. The summed E-state index contributed by atoms with van der Waals surface area (Å²) in [7, 11) is 0. The molecule has 0 aromatic rings. The number of nitrogens with two attached hydrogens (primary N) is 1. The molecule has 1 saturated heterocycles. The van der Waals surface area contributed by atoms with Crippen molar-refractivity contribution in [3.05, 3.63) is 0 Å². The number of piperidine rings is 1. The van der Waals surface area contributed by atoms with Crippen molar-refractivity contribution in [3.8, 4) is 0 Å². The van der Waals surface area contributed by atoms with Crippen LogP contribution in [0.2, 0.25) is 0 Å². The van der Waals surface area contributed by atoms with Gasteiger partial charge in [-0.3, -0.25) is 15.0 Å². The molecule has 6 nitrogen and oxygen atoms in total. The molecule has 0 atom stereocenters. The first-order valence-electron chi connectivity index (χ1n) is 7.73. The molecule has 122 valence electrons. The Bertz CT molecular complexity index is 377. The minimum atomic E-state index is -0.941. The van der Waals surface area contributed by atoms with E-state index in [1.165, 1.54) is 0 Å². The lowest BCUT2D eigenvalue weighted by molar-refractivity contribution is -0.141. The molecule has 1 fully saturated rings. The fraction of sp³-hybridized carbons (Fsp3) is 0.867. The van der Waals surface area contributed by atoms with E-state index in [0.29, 0.717) is 0 Å². The third-order valence-corrected chi connectivity index (χ3v) is 3.83. The van der Waals surface area contributed by atoms with Crippen molar-refractivity contribution in [2.24, 2.45) is 5.73 Å². The second-order valence-corrected chi connectivity index (χ2v) is 7.31. The number of rotatable bonds is 5. The lowest BCUT2D eigenvalue weighted by Gasteiger charge is -2.49. The van der Waals surface area contributed by atoms with E-state index in [9.17, 15) is 9.59 Å². The van der Waals surface area contributed by atoms with E-state index in [1.807, 2.05) is 5.01 Å². The average Bonchev–Trinajstić information content (AvgIpc) is 2.29. The number of carbonyl (C=O) groups is 2. The summed E-state index contributed by atoms with van der Waals surface area (Å²) in [5.41, 5.74) is 7.71. The van der Waals surface area contributed by atoms with Crippen LogP contribution in [0.4, 0.5) is 0 Å². The van der Waals surface area contributed by atoms with Crippen LogP contribution in [0.1, 0.15) is 60.3 Å². The van der Waals surface area contributed by atoms with E-state index in [-0.39, 0.29) is 17.1 Å². The van der Waals surface area contributed by atoms with Crippen molar-refractivity contribution >= 4 is 11.8 Å². The zero-order valence-electron chi connectivity index (χ0n) is 14.0. The van der Waals surface area contributed by atoms with Gasteiger partial charge < -0.3 is 11.1 Å². The first-order chi connectivity index (χ1) is 9.56. The van der Waals surface area contributed by atoms with E-state index >= 15 is 0 Å². The Morgan fingerprint density at radius 2 is 1.76 bits per heavy atom. The van der Waals surface area contributed by atoms with Gasteiger partial charge in [0.15, 0.2) is 0 Å². The van der Waals surface area contributed by atoms with Crippen LogP contribution < -0.4 is 16.5 Å². The summed E-state index contributed by atoms with van der Waals surface area (Å²) in [5, 5.41) is 5.52. The lowest BCUT2D eigenvalue weighted by atomic mass is 9.79. The Morgan fingerprint density at radius 3 is 2.19 bits per heavy atom. The van der Waals surface area contributed by atoms with Crippen LogP contribution in [0, 0.1) is 0 Å². The summed E-state index contributed by atoms with van der Waals surface area (Å²) in [6, 6.07) is 0.186. The highest BCUT2D eigenvalue weighted by molar-refractivity contribution is 6.34. The molecule has 4 N–H and O–H groups in total. The van der Waals surface area contributed by atoms with Crippen LogP contribution in [-0.2, 0) is 9.59 Å². The molecule has 0 aromatic heterocycles. The molecule has 2 amide bonds. The standard InChI is InChI=1S/C15H30N4O2/c1-6-7-8-19(17-13(21)12(16)20)11-9-14(2,3)18-15(4,5)10-11/h11,18H,6-10H2,1-5H3,(H2,16,20)(H,17,21). The first-order valence-corrected chi connectivity index (χ1v) is 7.73. The molecule has 1 aliphatic heterocycles. The van der Waals surface area contributed by atoms with Gasteiger partial charge in [0.05, 0.1) is 0 Å². The Labute approximate surface area is 127 Å². The molecule has 0 radical (unpaired) electrons. The predicted octanol–water partition coefficient (Wildman–Crippen LogP) is 0.914. The maximum atomic E-state index is 11.6. The minimum absolute atomic E-state index is 0.0195. The maximum Gasteiger partial charge on any atom is 0.323 e. The number of hydrogen-bond acceptors (Lipinski definition) is 4. The lowest BCUT2D eigenvalue weighted by Crippen LogP contribution is -2.64. The Kier molecular flexibility index (Phi) is 5.75. The van der Waals surface area contributed by atoms with Crippen molar-refractivity contribution in [2.75, 3.05) is 6.54 Å². The predicted molar refractivity (Wildman–Crippen MR) is 83.3 cm³/mol. The summed E-state index contributed by atoms with van der Waals surface area (Å²) < 4.78 is 0. The smallest absolute Gasteiger partial charge is 0.323 e. The van der Waals surface area contributed by atoms with Crippen LogP contribution in [0.5, 0.6) is 0 Å². The average molecular weight is 298 g/mol. The largest absolute Gasteiger partial charge is 0.361 e. The highest BCUT2D eigenvalue weighted by Gasteiger charge is 2.40. The first kappa shape index (κ1) is 17.9. The van der Waals surface area contributed by atoms with Gasteiger partial charge in [-0.15, -0.1) is 0 Å². The van der Waals surface area contributed by atoms with Gasteiger partial charge in [0.2, 0.25) is 0 Å². The van der Waals surface area contributed by atoms with Gasteiger partial charge in [0.1, 0.15) is 0 Å². The van der Waals surface area contributed by atoms with Crippen LogP contribution in [-0.4, -0.2) is 40.5 Å². The molecule has 0 spiro atoms. The molecular weight excluding hydrogens is 268 g/mol. The number of unbranched alkanes of at least 4 members (excludes halogenated alkanes) is 1. The van der Waals surface area contributed by atoms with Gasteiger partial charge in [-0.2, -0.15) is 0 Å². The zero-order valence-corrected chi connectivity index (χ0v) is 14.0. The quantitative estimate of drug-likeness (QED) is 0.520. The molecule has 6 heteroatoms. The molecule has 0 bridgehead atoms. The molecular formula is C15H30N4O2. The molecule has 1 heterocycles. The molecule has 0 unspecified atom stereocenters. The molecule has 1 rings (SSSR count). The third kappa shape index (κ3) is 5.63. The van der Waals surface area contributed by atoms with Crippen LogP contribution in [0.15, 0.2) is 0 Å². The van der Waals surface area contributed by atoms with Crippen molar-refractivity contribution in [3.63, 3.8) is 0 Å². The monoisotopic (exact) mass is 298 g/mol. The third-order valence-electron chi connectivity index (χ3n) is 3.83. The van der Waals surface area contributed by atoms with Gasteiger partial charge in [-0.05, 0) is 47.0 Å². The topological polar surface area (TPSA) is 87.5 Å². The maximum absolute atomic E-state index is 11.6. The zero-order chi connectivity index (χ0) is 16.3. The van der Waals surface area contributed by atoms with Gasteiger partial charge in [-0.1, -0.05) is 13.3 Å². The van der Waals surface area contributed by atoms with Crippen molar-refractivity contribution in [1.29, 1.82) is 0 Å². The van der Waals surface area contributed by atoms with Crippen LogP contribution in [0.3, 0.4) is 0 Å². The van der Waals surface area contributed by atoms with E-state index in [1.54, 1.807) is 0 Å². The molecule has 1 aliphatic rings. The van der Waals surface area contributed by atoms with Crippen molar-refractivity contribution in [1.82, 2.24) is 15.8 Å². The summed E-state index contributed by atoms with van der Waals surface area (Å²) in [4.78, 5) is 22.7. The summed E-state index contributed by atoms with van der Waals surface area (Å²) >= 11 is 0. The van der Waals surface area contributed by atoms with Crippen LogP contribution in [0.25, 0.3) is 0 Å². The second-order valence-electron chi connectivity index (χ2n) is 7.31. The minimum Gasteiger partial charge on any atom is -0.361 e. The SMILES string of the molecule is CCCCN(NC(=O)C(N)=O)C1CC(C)(C)NC(C)(C)C1. The highest BCUT2D eigenvalue weighted by Crippen LogP contribution is 2.31. The van der Waals surface area contributed by atoms with Crippen molar-refractivity contribution < 1.29 is 9.59 Å². The van der Waals surface area contributed by atoms with E-state index in [4.69, 9.17) is 5.73 Å². The molecule has 0 aliphatic carbocycles. The molecule has 21 heavy (non-hydrogen) atoms. The Balaban J connectivity index is 2.85. The summed E-state index contributed by atoms with van der Waals surface area (Å²) in [6.07, 6.45) is 3.79. The normalized spacial score (nSPS) is 21.2. The summed E-state index contributed by atoms with van der Waals surface area (Å²) in [5.74, 6) is -1.68. The fourth-order valence-electron chi connectivity index (χ4n) is 3.33. The fourth-order valence-corrected chi connectivity index (χ4v) is 3.33.